The molecule has 19 heavy (non-hydrogen) atoms. The minimum absolute atomic E-state index is 0.0540. The van der Waals surface area contributed by atoms with Crippen LogP contribution in [0.3, 0.4) is 0 Å². The first-order valence-corrected chi connectivity index (χ1v) is 6.10. The summed E-state index contributed by atoms with van der Waals surface area (Å²) < 4.78 is 41.6. The minimum Gasteiger partial charge on any atom is -0.383 e. The van der Waals surface area contributed by atoms with Crippen LogP contribution in [0.4, 0.5) is 18.3 Å². The Kier molecular flexibility index (Phi) is 5.48. The number of carbonyl (C=O) groups is 1. The Hall–Kier alpha value is -1.42. The van der Waals surface area contributed by atoms with Crippen molar-refractivity contribution in [2.75, 3.05) is 25.6 Å². The van der Waals surface area contributed by atoms with Gasteiger partial charge < -0.3 is 15.4 Å². The van der Waals surface area contributed by atoms with Gasteiger partial charge in [-0.1, -0.05) is 11.3 Å². The number of rotatable bonds is 6. The van der Waals surface area contributed by atoms with E-state index >= 15 is 0 Å². The summed E-state index contributed by atoms with van der Waals surface area (Å²) in [5, 5.41) is 10.3. The second-order valence-corrected chi connectivity index (χ2v) is 4.54. The Morgan fingerprint density at radius 3 is 2.68 bits per heavy atom. The summed E-state index contributed by atoms with van der Waals surface area (Å²) in [6, 6.07) is -0.717. The quantitative estimate of drug-likeness (QED) is 0.770. The monoisotopic (exact) mass is 298 g/mol. The van der Waals surface area contributed by atoms with Crippen molar-refractivity contribution in [2.24, 2.45) is 0 Å². The maximum atomic E-state index is 12.3. The zero-order chi connectivity index (χ0) is 14.5. The van der Waals surface area contributed by atoms with E-state index in [1.54, 1.807) is 0 Å². The van der Waals surface area contributed by atoms with Crippen molar-refractivity contribution < 1.29 is 22.7 Å². The van der Waals surface area contributed by atoms with Gasteiger partial charge in [0.05, 0.1) is 6.61 Å². The number of halogens is 3. The van der Waals surface area contributed by atoms with E-state index in [9.17, 15) is 18.0 Å². The maximum absolute atomic E-state index is 12.3. The van der Waals surface area contributed by atoms with Crippen LogP contribution in [-0.2, 0) is 15.7 Å². The van der Waals surface area contributed by atoms with E-state index in [-0.39, 0.29) is 11.0 Å². The largest absolute Gasteiger partial charge is 0.445 e. The maximum Gasteiger partial charge on any atom is 0.445 e. The fraction of sp³-hybridized carbons (Fsp3) is 0.667. The molecule has 0 radical (unpaired) electrons. The van der Waals surface area contributed by atoms with E-state index in [4.69, 9.17) is 4.74 Å². The van der Waals surface area contributed by atoms with Gasteiger partial charge in [0.25, 0.3) is 0 Å². The molecular weight excluding hydrogens is 285 g/mol. The fourth-order valence-corrected chi connectivity index (χ4v) is 1.77. The summed E-state index contributed by atoms with van der Waals surface area (Å²) in [4.78, 5) is 11.5. The van der Waals surface area contributed by atoms with Crippen molar-refractivity contribution in [1.82, 2.24) is 15.5 Å². The van der Waals surface area contributed by atoms with Gasteiger partial charge in [-0.05, 0) is 6.92 Å². The van der Waals surface area contributed by atoms with Crippen LogP contribution in [0.1, 0.15) is 11.9 Å². The Balaban J connectivity index is 2.50. The molecule has 1 aromatic rings. The SMILES string of the molecule is COCCNC(=O)C(C)Nc1nnc(C(F)(F)F)s1. The molecular formula is C9H13F3N4O2S. The highest BCUT2D eigenvalue weighted by Crippen LogP contribution is 2.33. The third-order valence-electron chi connectivity index (χ3n) is 2.01. The lowest BCUT2D eigenvalue weighted by molar-refractivity contribution is -0.138. The number of nitrogens with one attached hydrogen (secondary N) is 2. The first-order valence-electron chi connectivity index (χ1n) is 5.28. The lowest BCUT2D eigenvalue weighted by Gasteiger charge is -2.12. The smallest absolute Gasteiger partial charge is 0.383 e. The highest BCUT2D eigenvalue weighted by molar-refractivity contribution is 7.15. The molecule has 10 heteroatoms. The van der Waals surface area contributed by atoms with Crippen LogP contribution in [-0.4, -0.2) is 42.4 Å². The number of hydrogen-bond donors (Lipinski definition) is 2. The molecule has 0 aliphatic heterocycles. The van der Waals surface area contributed by atoms with Crippen LogP contribution in [0.25, 0.3) is 0 Å². The Labute approximate surface area is 111 Å². The van der Waals surface area contributed by atoms with Gasteiger partial charge in [-0.2, -0.15) is 13.2 Å². The van der Waals surface area contributed by atoms with E-state index in [1.807, 2.05) is 0 Å². The number of ether oxygens (including phenoxy) is 1. The first-order chi connectivity index (χ1) is 8.84. The molecule has 1 unspecified atom stereocenters. The summed E-state index contributed by atoms with van der Waals surface area (Å²) in [5.74, 6) is -0.360. The second kappa shape index (κ2) is 6.66. The normalized spacial score (nSPS) is 13.1. The van der Waals surface area contributed by atoms with Crippen molar-refractivity contribution >= 4 is 22.4 Å². The van der Waals surface area contributed by atoms with Crippen LogP contribution in [0.2, 0.25) is 0 Å². The number of amides is 1. The molecule has 0 saturated carbocycles. The molecule has 1 rings (SSSR count). The van der Waals surface area contributed by atoms with E-state index in [1.165, 1.54) is 14.0 Å². The number of carbonyl (C=O) groups excluding carboxylic acids is 1. The molecule has 6 nitrogen and oxygen atoms in total. The van der Waals surface area contributed by atoms with E-state index in [2.05, 4.69) is 20.8 Å². The molecule has 1 aromatic heterocycles. The molecule has 0 bridgehead atoms. The minimum atomic E-state index is -4.53. The van der Waals surface area contributed by atoms with Gasteiger partial charge in [-0.3, -0.25) is 4.79 Å². The lowest BCUT2D eigenvalue weighted by Crippen LogP contribution is -2.39. The third-order valence-corrected chi connectivity index (χ3v) is 2.91. The van der Waals surface area contributed by atoms with Crippen LogP contribution >= 0.6 is 11.3 Å². The molecule has 0 saturated heterocycles. The standard InChI is InChI=1S/C9H13F3N4O2S/c1-5(6(17)13-3-4-18-2)14-8-16-15-7(19-8)9(10,11)12/h5H,3-4H2,1-2H3,(H,13,17)(H,14,16). The van der Waals surface area contributed by atoms with Crippen molar-refractivity contribution in [3.05, 3.63) is 5.01 Å². The van der Waals surface area contributed by atoms with Gasteiger partial charge in [0, 0.05) is 13.7 Å². The van der Waals surface area contributed by atoms with Crippen molar-refractivity contribution in [2.45, 2.75) is 19.1 Å². The molecule has 1 atom stereocenters. The topological polar surface area (TPSA) is 76.1 Å². The Bertz CT molecular complexity index is 424. The summed E-state index contributed by atoms with van der Waals surface area (Å²) in [7, 11) is 1.49. The Morgan fingerprint density at radius 2 is 2.16 bits per heavy atom. The van der Waals surface area contributed by atoms with E-state index in [0.29, 0.717) is 24.5 Å². The van der Waals surface area contributed by atoms with Gasteiger partial charge in [-0.15, -0.1) is 10.2 Å². The van der Waals surface area contributed by atoms with Crippen LogP contribution in [0.15, 0.2) is 0 Å². The molecule has 1 heterocycles. The number of nitrogens with zero attached hydrogens (tertiary/aromatic N) is 2. The molecule has 0 spiro atoms. The van der Waals surface area contributed by atoms with Gasteiger partial charge in [0.1, 0.15) is 6.04 Å². The van der Waals surface area contributed by atoms with Crippen LogP contribution in [0, 0.1) is 0 Å². The lowest BCUT2D eigenvalue weighted by atomic mass is 10.3. The zero-order valence-electron chi connectivity index (χ0n) is 10.2. The van der Waals surface area contributed by atoms with Crippen molar-refractivity contribution in [3.63, 3.8) is 0 Å². The van der Waals surface area contributed by atoms with Gasteiger partial charge in [-0.25, -0.2) is 0 Å². The predicted octanol–water partition coefficient (Wildman–Crippen LogP) is 1.12. The highest BCUT2D eigenvalue weighted by Gasteiger charge is 2.35. The van der Waals surface area contributed by atoms with E-state index in [0.717, 1.165) is 0 Å². The first kappa shape index (κ1) is 15.6. The predicted molar refractivity (Wildman–Crippen MR) is 62.9 cm³/mol. The summed E-state index contributed by atoms with van der Waals surface area (Å²) in [5.41, 5.74) is 0. The summed E-state index contributed by atoms with van der Waals surface area (Å²) in [6.45, 7) is 2.19. The number of alkyl halides is 3. The summed E-state index contributed by atoms with van der Waals surface area (Å²) in [6.07, 6.45) is -4.53. The van der Waals surface area contributed by atoms with Gasteiger partial charge in [0.15, 0.2) is 0 Å². The number of methoxy groups -OCH3 is 1. The molecule has 1 amide bonds. The molecule has 0 aliphatic carbocycles. The highest BCUT2D eigenvalue weighted by atomic mass is 32.1. The fourth-order valence-electron chi connectivity index (χ4n) is 1.08. The average Bonchev–Trinajstić information content (AvgIpc) is 2.77. The van der Waals surface area contributed by atoms with Crippen LogP contribution in [0.5, 0.6) is 0 Å². The number of anilines is 1. The average molecular weight is 298 g/mol. The third kappa shape index (κ3) is 4.99. The number of aromatic nitrogens is 2. The van der Waals surface area contributed by atoms with E-state index < -0.39 is 17.2 Å². The molecule has 0 fully saturated rings. The second-order valence-electron chi connectivity index (χ2n) is 3.56. The van der Waals surface area contributed by atoms with Crippen molar-refractivity contribution in [1.29, 1.82) is 0 Å². The molecule has 0 aliphatic rings. The molecule has 2 N–H and O–H groups in total. The Morgan fingerprint density at radius 1 is 1.47 bits per heavy atom. The molecule has 0 aromatic carbocycles. The van der Waals surface area contributed by atoms with Gasteiger partial charge >= 0.3 is 6.18 Å². The number of hydrogen-bond acceptors (Lipinski definition) is 6. The molecule has 108 valence electrons. The van der Waals surface area contributed by atoms with Crippen molar-refractivity contribution in [3.8, 4) is 0 Å². The summed E-state index contributed by atoms with van der Waals surface area (Å²) >= 11 is 0.351. The zero-order valence-corrected chi connectivity index (χ0v) is 11.1. The van der Waals surface area contributed by atoms with Crippen LogP contribution < -0.4 is 10.6 Å². The van der Waals surface area contributed by atoms with Gasteiger partial charge in [0.2, 0.25) is 16.0 Å².